The Morgan fingerprint density at radius 3 is 1.27 bits per heavy atom. The minimum Gasteiger partial charge on any atom is -0.394 e. The van der Waals surface area contributed by atoms with Crippen LogP contribution in [0.15, 0.2) is 0 Å². The summed E-state index contributed by atoms with van der Waals surface area (Å²) in [4.78, 5) is 0. The molecule has 0 aliphatic heterocycles. The molecular weight excluding hydrogens is 275 g/mol. The van der Waals surface area contributed by atoms with Crippen molar-refractivity contribution in [1.29, 1.82) is 0 Å². The van der Waals surface area contributed by atoms with E-state index >= 15 is 0 Å². The first-order valence-corrected chi connectivity index (χ1v) is 6.67. The van der Waals surface area contributed by atoms with E-state index in [4.69, 9.17) is 34.0 Å². The van der Waals surface area contributed by atoms with Crippen molar-refractivity contribution in [2.45, 2.75) is 18.3 Å². The Bertz CT molecular complexity index is 226. The van der Waals surface area contributed by atoms with Crippen LogP contribution < -0.4 is 0 Å². The fourth-order valence-electron chi connectivity index (χ4n) is 0.472. The molecule has 0 aliphatic rings. The summed E-state index contributed by atoms with van der Waals surface area (Å²) < 4.78 is 18.3. The number of hydrogen-bond donors (Lipinski definition) is 5. The van der Waals surface area contributed by atoms with Crippen LogP contribution in [0.5, 0.6) is 0 Å². The Morgan fingerprint density at radius 2 is 1.13 bits per heavy atom. The molecule has 0 aliphatic carbocycles. The molecule has 5 N–H and O–H groups in total. The maximum Gasteiger partial charge on any atom is 0.317 e. The Hall–Kier alpha value is 0.330. The predicted octanol–water partition coefficient (Wildman–Crippen LogP) is -2.24. The Labute approximate surface area is 95.4 Å². The van der Waals surface area contributed by atoms with Crippen LogP contribution in [0.4, 0.5) is 0 Å². The lowest BCUT2D eigenvalue weighted by Gasteiger charge is -2.19. The molecule has 0 aromatic heterocycles. The third kappa shape index (κ3) is 14.3. The molecule has 15 heavy (non-hydrogen) atoms. The highest BCUT2D eigenvalue weighted by Gasteiger charge is 2.22. The van der Waals surface area contributed by atoms with Crippen LogP contribution in [0.1, 0.15) is 0 Å². The molecule has 2 atom stereocenters. The maximum absolute atomic E-state index is 9.16. The van der Waals surface area contributed by atoms with E-state index in [1.807, 2.05) is 0 Å². The quantitative estimate of drug-likeness (QED) is 0.369. The van der Waals surface area contributed by atoms with Gasteiger partial charge in [-0.3, -0.25) is 0 Å². The summed E-state index contributed by atoms with van der Waals surface area (Å²) in [5.41, 5.74) is 0. The lowest BCUT2D eigenvalue weighted by Crippen LogP contribution is -2.41. The number of aliphatic hydroxyl groups is 5. The monoisotopic (exact) mass is 286 g/mol. The van der Waals surface area contributed by atoms with Crippen molar-refractivity contribution in [3.8, 4) is 0 Å². The van der Waals surface area contributed by atoms with Gasteiger partial charge in [0.1, 0.15) is 18.3 Å². The predicted molar refractivity (Wildman–Crippen MR) is 52.8 cm³/mol. The minimum atomic E-state index is -3.72. The van der Waals surface area contributed by atoms with E-state index in [1.54, 1.807) is 0 Å². The van der Waals surface area contributed by atoms with Gasteiger partial charge < -0.3 is 25.5 Å². The molecule has 2 unspecified atom stereocenters. The first kappa shape index (κ1) is 17.7. The fourth-order valence-corrected chi connectivity index (χ4v) is 0.472. The lowest BCUT2D eigenvalue weighted by atomic mass is 10.1. The highest BCUT2D eigenvalue weighted by molar-refractivity contribution is 8.31. The third-order valence-corrected chi connectivity index (χ3v) is 1.16. The molecular formula is C5H12Cl2O7S. The van der Waals surface area contributed by atoms with Crippen molar-refractivity contribution in [3.63, 3.8) is 0 Å². The average molecular weight is 287 g/mol. The van der Waals surface area contributed by atoms with E-state index < -0.39 is 39.8 Å². The van der Waals surface area contributed by atoms with Gasteiger partial charge in [0.2, 0.25) is 0 Å². The number of rotatable bonds is 4. The van der Waals surface area contributed by atoms with Gasteiger partial charge in [0.25, 0.3) is 0 Å². The molecule has 0 spiro atoms. The summed E-state index contributed by atoms with van der Waals surface area (Å²) in [6.07, 6.45) is -4.29. The van der Waals surface area contributed by atoms with Gasteiger partial charge in [-0.15, -0.1) is 0 Å². The van der Waals surface area contributed by atoms with Crippen LogP contribution in [-0.4, -0.2) is 65.5 Å². The molecule has 0 radical (unpaired) electrons. The van der Waals surface area contributed by atoms with E-state index in [0.29, 0.717) is 0 Å². The van der Waals surface area contributed by atoms with Crippen molar-refractivity contribution >= 4 is 29.6 Å². The summed E-state index contributed by atoms with van der Waals surface area (Å²) in [6, 6.07) is 0. The molecule has 7 nitrogen and oxygen atoms in total. The summed E-state index contributed by atoms with van der Waals surface area (Å²) in [5.74, 6) is 0. The topological polar surface area (TPSA) is 135 Å². The molecule has 0 aromatic rings. The van der Waals surface area contributed by atoms with Crippen molar-refractivity contribution in [2.75, 3.05) is 13.2 Å². The third-order valence-electron chi connectivity index (χ3n) is 1.16. The standard InChI is InChI=1S/C5H12O5.Cl2O2S/c6-1-3(8)5(10)4(9)2-7;1-5(2,3)4/h3-10H,1-2H2;. The second-order valence-electron chi connectivity index (χ2n) is 2.37. The van der Waals surface area contributed by atoms with Crippen molar-refractivity contribution in [2.24, 2.45) is 0 Å². The molecule has 0 saturated carbocycles. The molecule has 0 amide bonds. The van der Waals surface area contributed by atoms with Crippen molar-refractivity contribution in [1.82, 2.24) is 0 Å². The second-order valence-corrected chi connectivity index (χ2v) is 6.04. The molecule has 0 saturated heterocycles. The van der Waals surface area contributed by atoms with Gasteiger partial charge in [-0.1, -0.05) is 0 Å². The molecule has 0 aromatic carbocycles. The second kappa shape index (κ2) is 8.48. The van der Waals surface area contributed by atoms with Crippen LogP contribution in [0.3, 0.4) is 0 Å². The van der Waals surface area contributed by atoms with Gasteiger partial charge in [-0.25, -0.2) is 0 Å². The minimum absolute atomic E-state index is 0.641. The molecule has 0 bridgehead atoms. The van der Waals surface area contributed by atoms with Gasteiger partial charge in [-0.05, 0) is 0 Å². The van der Waals surface area contributed by atoms with E-state index in [0.717, 1.165) is 0 Å². The number of halogens is 2. The van der Waals surface area contributed by atoms with E-state index in [-0.39, 0.29) is 0 Å². The van der Waals surface area contributed by atoms with Crippen LogP contribution in [-0.2, 0) is 8.26 Å². The molecule has 94 valence electrons. The van der Waals surface area contributed by atoms with Crippen molar-refractivity contribution < 1.29 is 34.0 Å². The zero-order valence-corrected chi connectivity index (χ0v) is 9.69. The van der Waals surface area contributed by atoms with Crippen LogP contribution in [0, 0.1) is 0 Å². The van der Waals surface area contributed by atoms with Crippen LogP contribution in [0.2, 0.25) is 0 Å². The normalized spacial score (nSPS) is 17.3. The first-order chi connectivity index (χ1) is 6.63. The fraction of sp³-hybridized carbons (Fsp3) is 1.00. The van der Waals surface area contributed by atoms with E-state index in [9.17, 15) is 0 Å². The van der Waals surface area contributed by atoms with Gasteiger partial charge in [-0.2, -0.15) is 8.42 Å². The average Bonchev–Trinajstić information content (AvgIpc) is 2.11. The summed E-state index contributed by atoms with van der Waals surface area (Å²) >= 11 is 0. The Kier molecular flexibility index (Phi) is 10.0. The van der Waals surface area contributed by atoms with Crippen molar-refractivity contribution in [3.05, 3.63) is 0 Å². The van der Waals surface area contributed by atoms with Gasteiger partial charge in [0.15, 0.2) is 0 Å². The van der Waals surface area contributed by atoms with Gasteiger partial charge in [0.05, 0.1) is 13.2 Å². The van der Waals surface area contributed by atoms with Gasteiger partial charge in [0, 0.05) is 21.4 Å². The summed E-state index contributed by atoms with van der Waals surface area (Å²) in [7, 11) is 4.81. The Morgan fingerprint density at radius 1 is 0.933 bits per heavy atom. The first-order valence-electron chi connectivity index (χ1n) is 3.53. The SMILES string of the molecule is O=S(=O)(Cl)Cl.OCC(O)C(O)C(O)CO. The van der Waals surface area contributed by atoms with E-state index in [2.05, 4.69) is 21.4 Å². The molecule has 10 heteroatoms. The largest absolute Gasteiger partial charge is 0.394 e. The number of aliphatic hydroxyl groups excluding tert-OH is 5. The number of hydrogen-bond acceptors (Lipinski definition) is 7. The summed E-state index contributed by atoms with van der Waals surface area (Å²) in [6.45, 7) is -1.28. The van der Waals surface area contributed by atoms with Crippen LogP contribution >= 0.6 is 21.4 Å². The Balaban J connectivity index is 0. The highest BCUT2D eigenvalue weighted by Crippen LogP contribution is 1.98. The molecule has 0 rings (SSSR count). The van der Waals surface area contributed by atoms with E-state index in [1.165, 1.54) is 0 Å². The lowest BCUT2D eigenvalue weighted by molar-refractivity contribution is -0.0900. The highest BCUT2D eigenvalue weighted by atomic mass is 36.0. The maximum atomic E-state index is 9.16. The smallest absolute Gasteiger partial charge is 0.317 e. The molecule has 0 fully saturated rings. The summed E-state index contributed by atoms with van der Waals surface area (Å²) in [5, 5.41) is 42.6. The van der Waals surface area contributed by atoms with Gasteiger partial charge >= 0.3 is 8.26 Å². The molecule has 0 heterocycles. The zero-order valence-electron chi connectivity index (χ0n) is 7.36. The zero-order chi connectivity index (χ0) is 12.6. The van der Waals surface area contributed by atoms with Crippen LogP contribution in [0.25, 0.3) is 0 Å².